The Hall–Kier alpha value is -2.67. The molecule has 0 bridgehead atoms. The van der Waals surface area contributed by atoms with Crippen molar-refractivity contribution in [2.45, 2.75) is 20.4 Å². The molecule has 26 heavy (non-hydrogen) atoms. The molecule has 0 atom stereocenters. The summed E-state index contributed by atoms with van der Waals surface area (Å²) in [4.78, 5) is 39.0. The number of rotatable bonds is 4. The van der Waals surface area contributed by atoms with Crippen LogP contribution < -0.4 is 5.63 Å². The smallest absolute Gasteiger partial charge is 0.336 e. The monoisotopic (exact) mass is 358 g/mol. The topological polar surface area (TPSA) is 80.1 Å². The highest BCUT2D eigenvalue weighted by Crippen LogP contribution is 2.23. The van der Waals surface area contributed by atoms with Crippen LogP contribution in [0.15, 0.2) is 27.4 Å². The minimum atomic E-state index is -0.427. The number of nitrogens with zero attached hydrogens (tertiary/aromatic N) is 2. The highest BCUT2D eigenvalue weighted by Gasteiger charge is 2.26. The largest absolute Gasteiger partial charge is 0.468 e. The number of piperazine rings is 1. The molecule has 3 rings (SSSR count). The summed E-state index contributed by atoms with van der Waals surface area (Å²) >= 11 is 0. The Balaban J connectivity index is 1.80. The van der Waals surface area contributed by atoms with Gasteiger partial charge in [0.1, 0.15) is 12.1 Å². The fourth-order valence-corrected chi connectivity index (χ4v) is 3.13. The number of ether oxygens (including phenoxy) is 1. The minimum absolute atomic E-state index is 0.0283. The van der Waals surface area contributed by atoms with Crippen LogP contribution in [0.1, 0.15) is 16.7 Å². The Morgan fingerprint density at radius 2 is 1.88 bits per heavy atom. The predicted octanol–water partition coefficient (Wildman–Crippen LogP) is 1.23. The van der Waals surface area contributed by atoms with E-state index in [1.165, 1.54) is 18.1 Å². The summed E-state index contributed by atoms with van der Waals surface area (Å²) in [6, 6.07) is 5.37. The maximum Gasteiger partial charge on any atom is 0.336 e. The third kappa shape index (κ3) is 3.77. The third-order valence-electron chi connectivity index (χ3n) is 4.78. The summed E-state index contributed by atoms with van der Waals surface area (Å²) in [6.07, 6.45) is 0. The van der Waals surface area contributed by atoms with Crippen molar-refractivity contribution in [2.75, 3.05) is 33.3 Å². The Morgan fingerprint density at radius 3 is 2.58 bits per heavy atom. The van der Waals surface area contributed by atoms with E-state index in [2.05, 4.69) is 4.74 Å². The molecule has 0 spiro atoms. The number of fused-ring (bicyclic) bond motifs is 1. The van der Waals surface area contributed by atoms with E-state index >= 15 is 0 Å². The number of hydrogen-bond donors (Lipinski definition) is 0. The number of aryl methyl sites for hydroxylation is 2. The Kier molecular flexibility index (Phi) is 5.08. The number of esters is 1. The zero-order valence-corrected chi connectivity index (χ0v) is 15.2. The van der Waals surface area contributed by atoms with Crippen molar-refractivity contribution in [2.24, 2.45) is 0 Å². The van der Waals surface area contributed by atoms with E-state index in [-0.39, 0.29) is 19.0 Å². The molecule has 2 aromatic rings. The van der Waals surface area contributed by atoms with Gasteiger partial charge in [0, 0.05) is 31.1 Å². The fourth-order valence-electron chi connectivity index (χ4n) is 3.13. The normalized spacial score (nSPS) is 15.5. The van der Waals surface area contributed by atoms with Crippen LogP contribution in [0.25, 0.3) is 11.0 Å². The molecule has 1 aliphatic heterocycles. The van der Waals surface area contributed by atoms with Crippen LogP contribution in [0.2, 0.25) is 0 Å². The van der Waals surface area contributed by atoms with Gasteiger partial charge >= 0.3 is 11.6 Å². The summed E-state index contributed by atoms with van der Waals surface area (Å²) in [5.41, 5.74) is 3.18. The Bertz CT molecular complexity index is 918. The maximum atomic E-state index is 12.3. The molecule has 0 aliphatic carbocycles. The van der Waals surface area contributed by atoms with Crippen molar-refractivity contribution < 1.29 is 18.7 Å². The molecule has 0 radical (unpaired) electrons. The molecule has 7 heteroatoms. The lowest BCUT2D eigenvalue weighted by Gasteiger charge is -2.33. The molecule has 0 saturated carbocycles. The number of methoxy groups -OCH3 is 1. The molecule has 2 heterocycles. The first-order chi connectivity index (χ1) is 12.4. The van der Waals surface area contributed by atoms with Gasteiger partial charge < -0.3 is 14.1 Å². The van der Waals surface area contributed by atoms with Crippen LogP contribution in [0.4, 0.5) is 0 Å². The van der Waals surface area contributed by atoms with Crippen molar-refractivity contribution in [1.29, 1.82) is 0 Å². The molecule has 138 valence electrons. The molecule has 1 aliphatic rings. The van der Waals surface area contributed by atoms with E-state index in [4.69, 9.17) is 4.42 Å². The zero-order valence-electron chi connectivity index (χ0n) is 15.2. The first-order valence-electron chi connectivity index (χ1n) is 8.48. The molecule has 1 amide bonds. The van der Waals surface area contributed by atoms with Crippen LogP contribution in [-0.2, 0) is 20.9 Å². The maximum absolute atomic E-state index is 12.3. The van der Waals surface area contributed by atoms with Crippen molar-refractivity contribution in [1.82, 2.24) is 9.80 Å². The molecular weight excluding hydrogens is 336 g/mol. The van der Waals surface area contributed by atoms with Gasteiger partial charge in [0.05, 0.1) is 13.7 Å². The molecule has 1 fully saturated rings. The highest BCUT2D eigenvalue weighted by molar-refractivity contribution is 5.84. The molecule has 1 aromatic heterocycles. The summed E-state index contributed by atoms with van der Waals surface area (Å²) in [5, 5.41) is 0.886. The van der Waals surface area contributed by atoms with Crippen molar-refractivity contribution in [3.8, 4) is 0 Å². The van der Waals surface area contributed by atoms with Gasteiger partial charge in [-0.15, -0.1) is 0 Å². The number of carbonyl (C=O) groups excluding carboxylic acids is 2. The van der Waals surface area contributed by atoms with Gasteiger partial charge in [-0.25, -0.2) is 4.79 Å². The first kappa shape index (κ1) is 18.1. The lowest BCUT2D eigenvalue weighted by atomic mass is 10.0. The van der Waals surface area contributed by atoms with E-state index in [1.54, 1.807) is 0 Å². The molecule has 0 N–H and O–H groups in total. The van der Waals surface area contributed by atoms with Gasteiger partial charge in [0.25, 0.3) is 0 Å². The zero-order chi connectivity index (χ0) is 18.8. The van der Waals surface area contributed by atoms with Gasteiger partial charge in [-0.1, -0.05) is 0 Å². The number of amides is 1. The van der Waals surface area contributed by atoms with Gasteiger partial charge in [-0.2, -0.15) is 0 Å². The van der Waals surface area contributed by atoms with E-state index < -0.39 is 11.6 Å². The van der Waals surface area contributed by atoms with Crippen LogP contribution in [0, 0.1) is 13.8 Å². The molecule has 1 aromatic carbocycles. The van der Waals surface area contributed by atoms with Gasteiger partial charge in [-0.3, -0.25) is 14.5 Å². The van der Waals surface area contributed by atoms with Crippen LogP contribution in [0.5, 0.6) is 0 Å². The second kappa shape index (κ2) is 7.29. The lowest BCUT2D eigenvalue weighted by Crippen LogP contribution is -2.51. The quantitative estimate of drug-likeness (QED) is 0.604. The van der Waals surface area contributed by atoms with E-state index in [0.29, 0.717) is 25.2 Å². The van der Waals surface area contributed by atoms with Gasteiger partial charge in [-0.05, 0) is 42.7 Å². The highest BCUT2D eigenvalue weighted by atomic mass is 16.5. The summed E-state index contributed by atoms with van der Waals surface area (Å²) in [6.45, 7) is 5.70. The molecule has 1 saturated heterocycles. The first-order valence-corrected chi connectivity index (χ1v) is 8.48. The SMILES string of the molecule is COC(=O)CN1CCN(Cc2cc(=O)oc3cc(C)c(C)cc23)CC1=O. The summed E-state index contributed by atoms with van der Waals surface area (Å²) in [7, 11) is 1.30. The predicted molar refractivity (Wildman–Crippen MR) is 95.8 cm³/mol. The molecule has 7 nitrogen and oxygen atoms in total. The second-order valence-corrected chi connectivity index (χ2v) is 6.63. The van der Waals surface area contributed by atoms with E-state index in [0.717, 1.165) is 22.1 Å². The van der Waals surface area contributed by atoms with Crippen molar-refractivity contribution >= 4 is 22.8 Å². The Labute approximate surface area is 151 Å². The van der Waals surface area contributed by atoms with Crippen LogP contribution in [-0.4, -0.2) is 55.0 Å². The standard InChI is InChI=1S/C19H22N2O5/c1-12-6-15-14(8-18(23)26-16(15)7-13(12)2)9-20-4-5-21(17(22)10-20)11-19(24)25-3/h6-8H,4-5,9-11H2,1-3H3. The van der Waals surface area contributed by atoms with E-state index in [1.807, 2.05) is 30.9 Å². The fraction of sp³-hybridized carbons (Fsp3) is 0.421. The molecule has 0 unspecified atom stereocenters. The summed E-state index contributed by atoms with van der Waals surface area (Å²) in [5.74, 6) is -0.551. The average Bonchev–Trinajstić information content (AvgIpc) is 2.59. The lowest BCUT2D eigenvalue weighted by molar-refractivity contribution is -0.149. The van der Waals surface area contributed by atoms with E-state index in [9.17, 15) is 14.4 Å². The minimum Gasteiger partial charge on any atom is -0.468 e. The molecular formula is C19H22N2O5. The number of hydrogen-bond acceptors (Lipinski definition) is 6. The average molecular weight is 358 g/mol. The number of carbonyl (C=O) groups is 2. The van der Waals surface area contributed by atoms with Crippen molar-refractivity contribution in [3.05, 3.63) is 45.3 Å². The number of benzene rings is 1. The van der Waals surface area contributed by atoms with Gasteiger partial charge in [0.15, 0.2) is 0 Å². The Morgan fingerprint density at radius 1 is 1.15 bits per heavy atom. The van der Waals surface area contributed by atoms with Crippen molar-refractivity contribution in [3.63, 3.8) is 0 Å². The van der Waals surface area contributed by atoms with Crippen LogP contribution in [0.3, 0.4) is 0 Å². The second-order valence-electron chi connectivity index (χ2n) is 6.63. The third-order valence-corrected chi connectivity index (χ3v) is 4.78. The summed E-state index contributed by atoms with van der Waals surface area (Å²) < 4.78 is 9.94. The van der Waals surface area contributed by atoms with Crippen LogP contribution >= 0.6 is 0 Å². The van der Waals surface area contributed by atoms with Gasteiger partial charge in [0.2, 0.25) is 5.91 Å².